The molecule has 2 aliphatic rings. The van der Waals surface area contributed by atoms with E-state index in [1.165, 1.54) is 11.8 Å². The SMILES string of the molecule is C[C@H](OC(=O)[C@@]12CCC(=O)N1c1ccccc1S2)c1ccccc1Cl. The number of benzene rings is 2. The zero-order valence-electron chi connectivity index (χ0n) is 13.6. The van der Waals surface area contributed by atoms with Crippen LogP contribution in [-0.4, -0.2) is 16.7 Å². The predicted octanol–water partition coefficient (Wildman–Crippen LogP) is 4.57. The van der Waals surface area contributed by atoms with E-state index in [0.29, 0.717) is 17.9 Å². The molecule has 6 heteroatoms. The number of amides is 1. The van der Waals surface area contributed by atoms with Gasteiger partial charge in [-0.1, -0.05) is 53.7 Å². The third-order valence-corrected chi connectivity index (χ3v) is 6.42. The van der Waals surface area contributed by atoms with E-state index in [-0.39, 0.29) is 5.91 Å². The zero-order valence-corrected chi connectivity index (χ0v) is 15.1. The molecule has 0 unspecified atom stereocenters. The topological polar surface area (TPSA) is 46.6 Å². The number of rotatable bonds is 3. The quantitative estimate of drug-likeness (QED) is 0.739. The predicted molar refractivity (Wildman–Crippen MR) is 97.7 cm³/mol. The van der Waals surface area contributed by atoms with Crippen molar-refractivity contribution in [2.45, 2.75) is 35.6 Å². The Labute approximate surface area is 155 Å². The van der Waals surface area contributed by atoms with Crippen LogP contribution >= 0.6 is 23.4 Å². The molecule has 0 aliphatic carbocycles. The number of ether oxygens (including phenoxy) is 1. The summed E-state index contributed by atoms with van der Waals surface area (Å²) in [5, 5.41) is 0.557. The molecule has 0 radical (unpaired) electrons. The van der Waals surface area contributed by atoms with Crippen molar-refractivity contribution in [2.75, 3.05) is 4.90 Å². The first kappa shape index (κ1) is 16.5. The monoisotopic (exact) mass is 373 g/mol. The molecule has 0 saturated carbocycles. The smallest absolute Gasteiger partial charge is 0.344 e. The molecule has 2 heterocycles. The van der Waals surface area contributed by atoms with Gasteiger partial charge < -0.3 is 4.74 Å². The number of hydrogen-bond acceptors (Lipinski definition) is 4. The van der Waals surface area contributed by atoms with Crippen LogP contribution < -0.4 is 4.90 Å². The summed E-state index contributed by atoms with van der Waals surface area (Å²) in [5.41, 5.74) is 1.54. The Hall–Kier alpha value is -1.98. The van der Waals surface area contributed by atoms with Gasteiger partial charge >= 0.3 is 5.97 Å². The highest BCUT2D eigenvalue weighted by molar-refractivity contribution is 8.02. The van der Waals surface area contributed by atoms with Crippen LogP contribution in [0, 0.1) is 0 Å². The summed E-state index contributed by atoms with van der Waals surface area (Å²) in [6.45, 7) is 1.80. The lowest BCUT2D eigenvalue weighted by atomic mass is 10.1. The molecular formula is C19H16ClNO3S. The van der Waals surface area contributed by atoms with Crippen molar-refractivity contribution in [2.24, 2.45) is 0 Å². The summed E-state index contributed by atoms with van der Waals surface area (Å²) in [6, 6.07) is 14.9. The van der Waals surface area contributed by atoms with E-state index in [0.717, 1.165) is 16.1 Å². The average Bonchev–Trinajstić information content (AvgIpc) is 3.11. The standard InChI is InChI=1S/C19H16ClNO3S/c1-12(13-6-2-3-7-14(13)20)24-18(23)19-11-10-17(22)21(19)15-8-4-5-9-16(15)25-19/h2-9,12H,10-11H2,1H3/t12-,19-/m0/s1. The summed E-state index contributed by atoms with van der Waals surface area (Å²) in [7, 11) is 0. The summed E-state index contributed by atoms with van der Waals surface area (Å²) in [6.07, 6.45) is 0.299. The van der Waals surface area contributed by atoms with Crippen molar-refractivity contribution in [3.8, 4) is 0 Å². The molecule has 1 saturated heterocycles. The maximum absolute atomic E-state index is 13.1. The van der Waals surface area contributed by atoms with Gasteiger partial charge in [-0.15, -0.1) is 0 Å². The fourth-order valence-corrected chi connectivity index (χ4v) is 5.08. The summed E-state index contributed by atoms with van der Waals surface area (Å²) in [4.78, 5) is 27.0. The molecule has 25 heavy (non-hydrogen) atoms. The van der Waals surface area contributed by atoms with Crippen LogP contribution in [-0.2, 0) is 14.3 Å². The first-order valence-corrected chi connectivity index (χ1v) is 9.29. The molecule has 0 spiro atoms. The van der Waals surface area contributed by atoms with E-state index in [4.69, 9.17) is 16.3 Å². The van der Waals surface area contributed by atoms with Crippen LogP contribution in [0.4, 0.5) is 5.69 Å². The second-order valence-electron chi connectivity index (χ2n) is 6.15. The molecule has 128 valence electrons. The number of carbonyl (C=O) groups is 2. The number of thioether (sulfide) groups is 1. The van der Waals surface area contributed by atoms with Crippen molar-refractivity contribution < 1.29 is 14.3 Å². The first-order chi connectivity index (χ1) is 12.0. The molecule has 1 amide bonds. The van der Waals surface area contributed by atoms with Crippen LogP contribution in [0.5, 0.6) is 0 Å². The normalized spacial score (nSPS) is 22.5. The minimum absolute atomic E-state index is 0.0419. The first-order valence-electron chi connectivity index (χ1n) is 8.09. The zero-order chi connectivity index (χ0) is 17.6. The molecule has 4 nitrogen and oxygen atoms in total. The van der Waals surface area contributed by atoms with Crippen molar-refractivity contribution in [1.29, 1.82) is 0 Å². The van der Waals surface area contributed by atoms with Crippen LogP contribution in [0.1, 0.15) is 31.4 Å². The molecule has 2 aromatic carbocycles. The van der Waals surface area contributed by atoms with Crippen molar-refractivity contribution in [3.05, 3.63) is 59.1 Å². The van der Waals surface area contributed by atoms with Crippen LogP contribution in [0.2, 0.25) is 5.02 Å². The minimum atomic E-state index is -1.00. The highest BCUT2D eigenvalue weighted by atomic mass is 35.5. The molecule has 0 N–H and O–H groups in total. The second-order valence-corrected chi connectivity index (χ2v) is 7.88. The van der Waals surface area contributed by atoms with Crippen LogP contribution in [0.25, 0.3) is 0 Å². The van der Waals surface area contributed by atoms with Gasteiger partial charge in [0.2, 0.25) is 5.91 Å². The third kappa shape index (κ3) is 2.53. The Kier molecular flexibility index (Phi) is 4.01. The third-order valence-electron chi connectivity index (χ3n) is 4.62. The second kappa shape index (κ2) is 6.07. The van der Waals surface area contributed by atoms with E-state index >= 15 is 0 Å². The van der Waals surface area contributed by atoms with Crippen molar-refractivity contribution in [1.82, 2.24) is 0 Å². The van der Waals surface area contributed by atoms with Crippen LogP contribution in [0.15, 0.2) is 53.4 Å². The molecular weight excluding hydrogens is 358 g/mol. The van der Waals surface area contributed by atoms with E-state index in [1.54, 1.807) is 17.9 Å². The molecule has 4 rings (SSSR count). The van der Waals surface area contributed by atoms with Gasteiger partial charge in [-0.2, -0.15) is 0 Å². The molecule has 0 bridgehead atoms. The summed E-state index contributed by atoms with van der Waals surface area (Å²) < 4.78 is 5.75. The van der Waals surface area contributed by atoms with E-state index in [9.17, 15) is 9.59 Å². The lowest BCUT2D eigenvalue weighted by Crippen LogP contribution is -2.48. The van der Waals surface area contributed by atoms with Gasteiger partial charge in [-0.3, -0.25) is 9.69 Å². The number of para-hydroxylation sites is 1. The van der Waals surface area contributed by atoms with Crippen LogP contribution in [0.3, 0.4) is 0 Å². The van der Waals surface area contributed by atoms with E-state index < -0.39 is 16.9 Å². The Morgan fingerprint density at radius 1 is 1.24 bits per heavy atom. The number of hydrogen-bond donors (Lipinski definition) is 0. The van der Waals surface area contributed by atoms with E-state index in [2.05, 4.69) is 0 Å². The molecule has 2 aliphatic heterocycles. The van der Waals surface area contributed by atoms with Gasteiger partial charge in [0.25, 0.3) is 0 Å². The Balaban J connectivity index is 1.64. The van der Waals surface area contributed by atoms with Gasteiger partial charge in [0.1, 0.15) is 6.10 Å². The number of fused-ring (bicyclic) bond motifs is 3. The molecule has 0 aromatic heterocycles. The van der Waals surface area contributed by atoms with E-state index in [1.807, 2.05) is 42.5 Å². The van der Waals surface area contributed by atoms with Gasteiger partial charge in [-0.25, -0.2) is 4.79 Å². The van der Waals surface area contributed by atoms with Gasteiger partial charge in [-0.05, 0) is 25.1 Å². The van der Waals surface area contributed by atoms with Gasteiger partial charge in [0.05, 0.1) is 5.69 Å². The highest BCUT2D eigenvalue weighted by Crippen LogP contribution is 2.56. The number of anilines is 1. The van der Waals surface area contributed by atoms with Gasteiger partial charge in [0, 0.05) is 28.3 Å². The maximum atomic E-state index is 13.1. The largest absolute Gasteiger partial charge is 0.455 e. The summed E-state index contributed by atoms with van der Waals surface area (Å²) in [5.74, 6) is -0.438. The lowest BCUT2D eigenvalue weighted by Gasteiger charge is -2.30. The maximum Gasteiger partial charge on any atom is 0.344 e. The Morgan fingerprint density at radius 2 is 1.96 bits per heavy atom. The lowest BCUT2D eigenvalue weighted by molar-refractivity contribution is -0.151. The number of halogens is 1. The minimum Gasteiger partial charge on any atom is -0.455 e. The number of esters is 1. The molecule has 1 fully saturated rings. The number of nitrogens with zero attached hydrogens (tertiary/aromatic N) is 1. The van der Waals surface area contributed by atoms with Crippen molar-refractivity contribution >= 4 is 40.9 Å². The fraction of sp³-hybridized carbons (Fsp3) is 0.263. The highest BCUT2D eigenvalue weighted by Gasteiger charge is 2.58. The van der Waals surface area contributed by atoms with Crippen molar-refractivity contribution in [3.63, 3.8) is 0 Å². The number of carbonyl (C=O) groups excluding carboxylic acids is 2. The average molecular weight is 374 g/mol. The fourth-order valence-electron chi connectivity index (χ4n) is 3.39. The molecule has 2 atom stereocenters. The van der Waals surface area contributed by atoms with Gasteiger partial charge in [0.15, 0.2) is 4.87 Å². The molecule has 2 aromatic rings. The summed E-state index contributed by atoms with van der Waals surface area (Å²) >= 11 is 7.61. The Morgan fingerprint density at radius 3 is 2.76 bits per heavy atom. The Bertz CT molecular complexity index is 871.